The lowest BCUT2D eigenvalue weighted by atomic mass is 9.85. The van der Waals surface area contributed by atoms with Gasteiger partial charge in [0.25, 0.3) is 6.43 Å². The predicted molar refractivity (Wildman–Crippen MR) is 138 cm³/mol. The van der Waals surface area contributed by atoms with Gasteiger partial charge in [-0.05, 0) is 58.6 Å². The molecule has 0 spiro atoms. The van der Waals surface area contributed by atoms with Gasteiger partial charge in [0.05, 0.1) is 10.4 Å². The van der Waals surface area contributed by atoms with Crippen molar-refractivity contribution >= 4 is 32.7 Å². The Morgan fingerprint density at radius 1 is 1.16 bits per heavy atom. The summed E-state index contributed by atoms with van der Waals surface area (Å²) >= 11 is 0.798. The third-order valence-electron chi connectivity index (χ3n) is 7.59. The second-order valence-corrected chi connectivity index (χ2v) is 13.7. The standard InChI is InChI=1S/C24H31F2N7O2S2/c1-13-11-32(12-14(2)27-13)18-10-16(37(34,35)31-24(3)7-8-24)9-17-19(22-29-30-23(36-22)20(25)26)28-21(33(17)18)15-5-4-6-15/h9-10,13-15,20,27,31H,4-8,11-12H2,1-3H3/t13-,14-/m0/s1. The topological polar surface area (TPSA) is 105 Å². The fourth-order valence-electron chi connectivity index (χ4n) is 5.28. The predicted octanol–water partition coefficient (Wildman–Crippen LogP) is 4.08. The Kier molecular flexibility index (Phi) is 6.05. The van der Waals surface area contributed by atoms with Crippen LogP contribution in [-0.2, 0) is 10.0 Å². The normalized spacial score (nSPS) is 24.1. The number of fused-ring (bicyclic) bond motifs is 1. The lowest BCUT2D eigenvalue weighted by Crippen LogP contribution is -2.54. The summed E-state index contributed by atoms with van der Waals surface area (Å²) in [7, 11) is -3.83. The van der Waals surface area contributed by atoms with Crippen LogP contribution in [0, 0.1) is 0 Å². The lowest BCUT2D eigenvalue weighted by molar-refractivity contribution is 0.150. The number of hydrogen-bond donors (Lipinski definition) is 2. The van der Waals surface area contributed by atoms with Gasteiger partial charge >= 0.3 is 0 Å². The number of imidazole rings is 1. The second-order valence-electron chi connectivity index (χ2n) is 11.0. The van der Waals surface area contributed by atoms with Gasteiger partial charge < -0.3 is 10.2 Å². The molecule has 9 nitrogen and oxygen atoms in total. The average Bonchev–Trinajstić information content (AvgIpc) is 3.18. The number of aromatic nitrogens is 4. The molecular formula is C24H31F2N7O2S2. The van der Waals surface area contributed by atoms with Crippen molar-refractivity contribution in [1.82, 2.24) is 29.6 Å². The number of pyridine rings is 1. The molecular weight excluding hydrogens is 520 g/mol. The third kappa shape index (κ3) is 4.64. The van der Waals surface area contributed by atoms with Crippen molar-refractivity contribution in [3.63, 3.8) is 0 Å². The molecule has 0 radical (unpaired) electrons. The molecule has 2 atom stereocenters. The van der Waals surface area contributed by atoms with Crippen molar-refractivity contribution in [3.05, 3.63) is 23.0 Å². The summed E-state index contributed by atoms with van der Waals surface area (Å²) in [6.07, 6.45) is 1.90. The van der Waals surface area contributed by atoms with Crippen LogP contribution < -0.4 is 14.9 Å². The van der Waals surface area contributed by atoms with Gasteiger partial charge in [0, 0.05) is 36.6 Å². The van der Waals surface area contributed by atoms with Crippen molar-refractivity contribution in [3.8, 4) is 10.7 Å². The van der Waals surface area contributed by atoms with Crippen molar-refractivity contribution in [2.24, 2.45) is 0 Å². The summed E-state index contributed by atoms with van der Waals surface area (Å²) in [6, 6.07) is 3.76. The summed E-state index contributed by atoms with van der Waals surface area (Å²) < 4.78 is 58.7. The zero-order valence-electron chi connectivity index (χ0n) is 21.0. The van der Waals surface area contributed by atoms with Crippen LogP contribution in [-0.4, -0.2) is 58.7 Å². The largest absolute Gasteiger partial charge is 0.355 e. The van der Waals surface area contributed by atoms with Gasteiger partial charge in [-0.25, -0.2) is 26.9 Å². The molecule has 0 aromatic carbocycles. The Balaban J connectivity index is 1.59. The molecule has 3 aliphatic rings. The smallest absolute Gasteiger partial charge is 0.291 e. The van der Waals surface area contributed by atoms with Crippen LogP contribution in [0.15, 0.2) is 17.0 Å². The number of anilines is 1. The molecule has 2 aliphatic carbocycles. The molecule has 0 amide bonds. The minimum absolute atomic E-state index is 0.141. The molecule has 6 rings (SSSR count). The fraction of sp³-hybridized carbons (Fsp3) is 0.625. The van der Waals surface area contributed by atoms with Crippen LogP contribution in [0.25, 0.3) is 16.2 Å². The average molecular weight is 552 g/mol. The first-order valence-electron chi connectivity index (χ1n) is 12.8. The summed E-state index contributed by atoms with van der Waals surface area (Å²) in [5.41, 5.74) is 0.518. The zero-order chi connectivity index (χ0) is 26.1. The van der Waals surface area contributed by atoms with E-state index < -0.39 is 22.0 Å². The van der Waals surface area contributed by atoms with E-state index in [4.69, 9.17) is 4.98 Å². The molecule has 3 aromatic heterocycles. The number of sulfonamides is 1. The summed E-state index contributed by atoms with van der Waals surface area (Å²) in [4.78, 5) is 7.27. The Bertz CT molecular complexity index is 1440. The van der Waals surface area contributed by atoms with Crippen LogP contribution in [0.2, 0.25) is 0 Å². The highest BCUT2D eigenvalue weighted by atomic mass is 32.2. The highest BCUT2D eigenvalue weighted by molar-refractivity contribution is 7.89. The summed E-state index contributed by atoms with van der Waals surface area (Å²) in [6.45, 7) is 7.50. The summed E-state index contributed by atoms with van der Waals surface area (Å²) in [5.74, 6) is 1.79. The minimum Gasteiger partial charge on any atom is -0.355 e. The molecule has 3 aromatic rings. The monoisotopic (exact) mass is 551 g/mol. The highest BCUT2D eigenvalue weighted by Crippen LogP contribution is 2.43. The molecule has 2 N–H and O–H groups in total. The third-order valence-corrected chi connectivity index (χ3v) is 10.1. The number of alkyl halides is 2. The van der Waals surface area contributed by atoms with Gasteiger partial charge in [-0.1, -0.05) is 17.8 Å². The van der Waals surface area contributed by atoms with Gasteiger partial charge in [0.2, 0.25) is 10.0 Å². The Labute approximate surface area is 218 Å². The quantitative estimate of drug-likeness (QED) is 0.456. The van der Waals surface area contributed by atoms with Gasteiger partial charge in [-0.2, -0.15) is 0 Å². The van der Waals surface area contributed by atoms with Crippen molar-refractivity contribution in [2.75, 3.05) is 18.0 Å². The van der Waals surface area contributed by atoms with Crippen molar-refractivity contribution < 1.29 is 17.2 Å². The molecule has 200 valence electrons. The maximum Gasteiger partial charge on any atom is 0.291 e. The molecule has 0 bridgehead atoms. The summed E-state index contributed by atoms with van der Waals surface area (Å²) in [5, 5.41) is 11.1. The van der Waals surface area contributed by atoms with Crippen molar-refractivity contribution in [2.45, 2.75) is 87.7 Å². The number of hydrogen-bond acceptors (Lipinski definition) is 8. The second kappa shape index (κ2) is 8.92. The first-order valence-corrected chi connectivity index (χ1v) is 15.1. The van der Waals surface area contributed by atoms with Gasteiger partial charge in [-0.3, -0.25) is 4.40 Å². The number of piperazine rings is 1. The Morgan fingerprint density at radius 3 is 2.43 bits per heavy atom. The Hall–Kier alpha value is -2.22. The number of halogens is 2. The maximum absolute atomic E-state index is 13.5. The first-order chi connectivity index (χ1) is 17.5. The van der Waals surface area contributed by atoms with E-state index in [2.05, 4.69) is 39.0 Å². The Morgan fingerprint density at radius 2 is 1.86 bits per heavy atom. The first kappa shape index (κ1) is 25.1. The molecule has 13 heteroatoms. The molecule has 0 unspecified atom stereocenters. The van der Waals surface area contributed by atoms with E-state index in [1.54, 1.807) is 12.1 Å². The van der Waals surface area contributed by atoms with Crippen LogP contribution in [0.4, 0.5) is 14.6 Å². The van der Waals surface area contributed by atoms with E-state index >= 15 is 0 Å². The number of rotatable bonds is 7. The minimum atomic E-state index is -3.83. The number of nitrogens with zero attached hydrogens (tertiary/aromatic N) is 5. The van der Waals surface area contributed by atoms with Crippen LogP contribution in [0.3, 0.4) is 0 Å². The highest BCUT2D eigenvalue weighted by Gasteiger charge is 2.42. The van der Waals surface area contributed by atoms with Crippen molar-refractivity contribution in [1.29, 1.82) is 0 Å². The van der Waals surface area contributed by atoms with E-state index in [-0.39, 0.29) is 32.9 Å². The maximum atomic E-state index is 13.5. The van der Waals surface area contributed by atoms with E-state index in [0.29, 0.717) is 24.3 Å². The van der Waals surface area contributed by atoms with Gasteiger partial charge in [-0.15, -0.1) is 10.2 Å². The SMILES string of the molecule is C[C@H]1CN(c2cc(S(=O)(=O)NC3(C)CC3)cc3c(-c4nnc(C(F)F)s4)nc(C4CCC4)n23)C[C@H](C)N1. The van der Waals surface area contributed by atoms with E-state index in [9.17, 15) is 17.2 Å². The number of nitrogens with one attached hydrogen (secondary N) is 2. The van der Waals surface area contributed by atoms with E-state index in [0.717, 1.165) is 55.1 Å². The molecule has 2 saturated carbocycles. The van der Waals surface area contributed by atoms with Gasteiger partial charge in [0.15, 0.2) is 10.0 Å². The molecule has 4 heterocycles. The lowest BCUT2D eigenvalue weighted by Gasteiger charge is -2.38. The molecule has 37 heavy (non-hydrogen) atoms. The van der Waals surface area contributed by atoms with E-state index in [1.165, 1.54) is 0 Å². The van der Waals surface area contributed by atoms with Crippen LogP contribution in [0.5, 0.6) is 0 Å². The molecule has 1 saturated heterocycles. The van der Waals surface area contributed by atoms with Crippen LogP contribution in [0.1, 0.15) is 76.1 Å². The molecule has 1 aliphatic heterocycles. The fourth-order valence-corrected chi connectivity index (χ4v) is 7.48. The van der Waals surface area contributed by atoms with Crippen LogP contribution >= 0.6 is 11.3 Å². The van der Waals surface area contributed by atoms with Gasteiger partial charge in [0.1, 0.15) is 17.3 Å². The molecule has 3 fully saturated rings. The van der Waals surface area contributed by atoms with E-state index in [1.807, 2.05) is 11.3 Å². The zero-order valence-corrected chi connectivity index (χ0v) is 22.7.